The molecule has 57 heavy (non-hydrogen) atoms. The van der Waals surface area contributed by atoms with E-state index in [2.05, 4.69) is 16.0 Å². The highest BCUT2D eigenvalue weighted by Gasteiger charge is 2.29. The van der Waals surface area contributed by atoms with E-state index in [1.54, 1.807) is 9.91 Å². The Morgan fingerprint density at radius 2 is 1.47 bits per heavy atom. The van der Waals surface area contributed by atoms with Gasteiger partial charge in [0.15, 0.2) is 0 Å². The Balaban J connectivity index is 1.60. The maximum absolute atomic E-state index is 14.0. The van der Waals surface area contributed by atoms with Crippen LogP contribution in [0.1, 0.15) is 121 Å². The number of carbonyl (C=O) groups is 5. The third-order valence-corrected chi connectivity index (χ3v) is 10.1. The van der Waals surface area contributed by atoms with Gasteiger partial charge >= 0.3 is 5.97 Å². The van der Waals surface area contributed by atoms with Crippen molar-refractivity contribution in [3.8, 4) is 0 Å². The van der Waals surface area contributed by atoms with Gasteiger partial charge < -0.3 is 42.4 Å². The number of rotatable bonds is 25. The van der Waals surface area contributed by atoms with Crippen LogP contribution >= 0.6 is 0 Å². The average Bonchev–Trinajstić information content (AvgIpc) is 3.17. The summed E-state index contributed by atoms with van der Waals surface area (Å²) in [7, 11) is 0. The number of nitrogens with two attached hydrogens (primary N) is 3. The monoisotopic (exact) mass is 791 g/mol. The fraction of sp³-hybridized carbons (Fsp3) is 0.558. The Labute approximate surface area is 338 Å². The van der Waals surface area contributed by atoms with Crippen LogP contribution in [0.3, 0.4) is 0 Å². The van der Waals surface area contributed by atoms with Gasteiger partial charge in [-0.25, -0.2) is 10.6 Å². The van der Waals surface area contributed by atoms with Crippen molar-refractivity contribution in [1.29, 1.82) is 0 Å². The van der Waals surface area contributed by atoms with Gasteiger partial charge in [-0.05, 0) is 63.1 Å². The minimum Gasteiger partial charge on any atom is -0.480 e. The molecule has 3 rings (SSSR count). The molecule has 0 spiro atoms. The van der Waals surface area contributed by atoms with E-state index in [9.17, 15) is 29.1 Å². The molecule has 2 unspecified atom stereocenters. The van der Waals surface area contributed by atoms with E-state index in [0.717, 1.165) is 43.2 Å². The van der Waals surface area contributed by atoms with E-state index in [4.69, 9.17) is 17.3 Å². The normalized spacial score (nSPS) is 14.9. The number of ketones is 1. The molecule has 2 aromatic carbocycles. The van der Waals surface area contributed by atoms with E-state index < -0.39 is 18.1 Å². The Morgan fingerprint density at radius 3 is 2.16 bits per heavy atom. The molecule has 10 N–H and O–H groups in total. The molecule has 14 nitrogen and oxygen atoms in total. The summed E-state index contributed by atoms with van der Waals surface area (Å²) in [5.74, 6) is 5.01. The van der Waals surface area contributed by atoms with Crippen molar-refractivity contribution in [1.82, 2.24) is 21.0 Å². The van der Waals surface area contributed by atoms with Gasteiger partial charge in [-0.3, -0.25) is 19.2 Å². The molecule has 0 saturated heterocycles. The molecule has 1 aliphatic rings. The molecular formula is C43H66N8O6. The number of hydrazine groups is 1. The number of Topliss-reactive ketones (excluding diaryl/α,β-unsaturated/α-hetero) is 1. The Morgan fingerprint density at radius 1 is 0.807 bits per heavy atom. The lowest BCUT2D eigenvalue weighted by Crippen LogP contribution is -2.51. The first kappa shape index (κ1) is 46.6. The smallest absolute Gasteiger partial charge is 0.326 e. The third-order valence-electron chi connectivity index (χ3n) is 10.1. The van der Waals surface area contributed by atoms with E-state index in [1.807, 2.05) is 76.2 Å². The second kappa shape index (κ2) is 24.1. The van der Waals surface area contributed by atoms with Crippen LogP contribution in [0.2, 0.25) is 0 Å². The Hall–Kier alpha value is -4.79. The minimum absolute atomic E-state index is 0.0223. The molecule has 0 radical (unpaired) electrons. The number of hydrogen-bond acceptors (Lipinski definition) is 10. The quantitative estimate of drug-likeness (QED) is 0.0424. The number of amides is 3. The topological polar surface area (TPSA) is 226 Å². The molecule has 1 heterocycles. The van der Waals surface area contributed by atoms with Crippen molar-refractivity contribution in [2.75, 3.05) is 24.5 Å². The standard InChI is InChI=1S/C43H66N8O6/c1-29(2)37(52)22-6-5-15-27-51(46)41-33-18-9-10-21-36(33)50(28-31-16-7-8-17-32(31)40(41)45)39(54)24-23-38(53)47-26-14-12-20-35(43(56)57)49-42(55)34(48-30(3)4)19-11-13-25-44/h7-10,16-18,21,29-30,34-35,48H,5-6,11-15,19-20,22-28,44-46H2,1-4H3,(H,47,53)(H,49,55)(H,56,57)/b41-40-. The maximum Gasteiger partial charge on any atom is 0.326 e. The molecule has 0 aromatic heterocycles. The first-order chi connectivity index (χ1) is 27.2. The number of para-hydroxylation sites is 1. The summed E-state index contributed by atoms with van der Waals surface area (Å²) < 4.78 is 0. The van der Waals surface area contributed by atoms with Crippen LogP contribution in [0.4, 0.5) is 5.69 Å². The number of hydrogen-bond donors (Lipinski definition) is 7. The van der Waals surface area contributed by atoms with Crippen LogP contribution in [0.5, 0.6) is 0 Å². The fourth-order valence-corrected chi connectivity index (χ4v) is 6.91. The van der Waals surface area contributed by atoms with Gasteiger partial charge in [-0.2, -0.15) is 0 Å². The summed E-state index contributed by atoms with van der Waals surface area (Å²) in [5.41, 5.74) is 16.5. The van der Waals surface area contributed by atoms with Gasteiger partial charge in [-0.1, -0.05) is 83.0 Å². The van der Waals surface area contributed by atoms with Crippen molar-refractivity contribution in [3.63, 3.8) is 0 Å². The summed E-state index contributed by atoms with van der Waals surface area (Å²) >= 11 is 0. The van der Waals surface area contributed by atoms with Gasteiger partial charge in [-0.15, -0.1) is 0 Å². The summed E-state index contributed by atoms with van der Waals surface area (Å²) in [6.07, 6.45) is 6.10. The lowest BCUT2D eigenvalue weighted by atomic mass is 9.95. The second-order valence-electron chi connectivity index (χ2n) is 15.4. The van der Waals surface area contributed by atoms with Crippen LogP contribution in [0.15, 0.2) is 48.5 Å². The highest BCUT2D eigenvalue weighted by Crippen LogP contribution is 2.37. The average molecular weight is 791 g/mol. The number of benzene rings is 2. The molecule has 0 saturated carbocycles. The van der Waals surface area contributed by atoms with Crippen LogP contribution < -0.4 is 38.2 Å². The highest BCUT2D eigenvalue weighted by atomic mass is 16.4. The zero-order valence-electron chi connectivity index (χ0n) is 34.4. The SMILES string of the molecule is CC(C)NC(CCCCN)C(=O)NC(CCCCNC(=O)CCC(=O)N1Cc2ccccc2/C(N)=C(/N(N)CCCCCC(=O)C(C)C)c2ccccc21)C(=O)O. The van der Waals surface area contributed by atoms with E-state index in [-0.39, 0.29) is 61.3 Å². The van der Waals surface area contributed by atoms with Crippen LogP contribution in [0, 0.1) is 5.92 Å². The number of carbonyl (C=O) groups excluding carboxylic acids is 4. The number of nitrogens with zero attached hydrogens (tertiary/aromatic N) is 2. The number of fused-ring (bicyclic) bond motifs is 2. The van der Waals surface area contributed by atoms with E-state index in [0.29, 0.717) is 68.0 Å². The van der Waals surface area contributed by atoms with Gasteiger partial charge in [0, 0.05) is 55.4 Å². The molecule has 0 fully saturated rings. The number of nitrogens with one attached hydrogen (secondary N) is 3. The van der Waals surface area contributed by atoms with E-state index in [1.165, 1.54) is 0 Å². The molecule has 3 amide bonds. The number of aliphatic carboxylic acids is 1. The predicted molar refractivity (Wildman–Crippen MR) is 225 cm³/mol. The molecular weight excluding hydrogens is 725 g/mol. The van der Waals surface area contributed by atoms with Crippen molar-refractivity contribution in [2.45, 2.75) is 129 Å². The second-order valence-corrected chi connectivity index (χ2v) is 15.4. The first-order valence-electron chi connectivity index (χ1n) is 20.5. The van der Waals surface area contributed by atoms with Crippen molar-refractivity contribution in [3.05, 3.63) is 65.2 Å². The van der Waals surface area contributed by atoms with Crippen molar-refractivity contribution < 1.29 is 29.1 Å². The first-order valence-corrected chi connectivity index (χ1v) is 20.5. The summed E-state index contributed by atoms with van der Waals surface area (Å²) in [6, 6.07) is 13.6. The summed E-state index contributed by atoms with van der Waals surface area (Å²) in [5, 5.41) is 20.1. The van der Waals surface area contributed by atoms with Crippen LogP contribution in [-0.4, -0.2) is 77.3 Å². The van der Waals surface area contributed by atoms with Crippen molar-refractivity contribution in [2.24, 2.45) is 23.2 Å². The molecule has 1 aliphatic heterocycles. The molecule has 2 atom stereocenters. The molecule has 0 bridgehead atoms. The summed E-state index contributed by atoms with van der Waals surface area (Å²) in [4.78, 5) is 65.5. The van der Waals surface area contributed by atoms with Gasteiger partial charge in [0.2, 0.25) is 17.7 Å². The molecule has 0 aliphatic carbocycles. The zero-order valence-corrected chi connectivity index (χ0v) is 34.4. The Bertz CT molecular complexity index is 1680. The zero-order chi connectivity index (χ0) is 41.9. The highest BCUT2D eigenvalue weighted by molar-refractivity contribution is 6.02. The predicted octanol–water partition coefficient (Wildman–Crippen LogP) is 4.41. The molecule has 14 heteroatoms. The lowest BCUT2D eigenvalue weighted by Gasteiger charge is -2.33. The Kier molecular flexibility index (Phi) is 19.7. The minimum atomic E-state index is -1.11. The number of unbranched alkanes of at least 4 members (excludes halogenated alkanes) is 4. The van der Waals surface area contributed by atoms with Crippen molar-refractivity contribution >= 4 is 46.6 Å². The molecule has 2 aromatic rings. The van der Waals surface area contributed by atoms with Crippen LogP contribution in [-0.2, 0) is 30.5 Å². The maximum atomic E-state index is 14.0. The lowest BCUT2D eigenvalue weighted by molar-refractivity contribution is -0.142. The van der Waals surface area contributed by atoms with Gasteiger partial charge in [0.05, 0.1) is 29.7 Å². The third kappa shape index (κ3) is 14.9. The van der Waals surface area contributed by atoms with Gasteiger partial charge in [0.25, 0.3) is 0 Å². The fourth-order valence-electron chi connectivity index (χ4n) is 6.91. The number of anilines is 1. The van der Waals surface area contributed by atoms with Gasteiger partial charge in [0.1, 0.15) is 11.8 Å². The summed E-state index contributed by atoms with van der Waals surface area (Å²) in [6.45, 7) is 9.26. The van der Waals surface area contributed by atoms with E-state index >= 15 is 0 Å². The molecule has 314 valence electrons. The largest absolute Gasteiger partial charge is 0.480 e. The van der Waals surface area contributed by atoms with Crippen LogP contribution in [0.25, 0.3) is 11.4 Å². The number of carboxylic acids is 1. The number of carboxylic acid groups (broad SMARTS) is 1.